The highest BCUT2D eigenvalue weighted by molar-refractivity contribution is 6.10. The number of rotatable bonds is 5. The number of anilines is 1. The molecule has 1 aliphatic rings. The number of ether oxygens (including phenoxy) is 1. The molecule has 0 spiro atoms. The minimum absolute atomic E-state index is 0.176. The van der Waals surface area contributed by atoms with E-state index >= 15 is 0 Å². The summed E-state index contributed by atoms with van der Waals surface area (Å²) in [5, 5.41) is 5.92. The van der Waals surface area contributed by atoms with E-state index in [0.29, 0.717) is 11.4 Å². The van der Waals surface area contributed by atoms with Crippen LogP contribution in [-0.4, -0.2) is 25.0 Å². The summed E-state index contributed by atoms with van der Waals surface area (Å²) in [7, 11) is 1.56. The molecular weight excluding hydrogens is 316 g/mol. The van der Waals surface area contributed by atoms with Crippen LogP contribution in [0.15, 0.2) is 18.2 Å². The van der Waals surface area contributed by atoms with Crippen LogP contribution in [0.1, 0.15) is 57.9 Å². The van der Waals surface area contributed by atoms with Gasteiger partial charge >= 0.3 is 0 Å². The summed E-state index contributed by atoms with van der Waals surface area (Å²) < 4.78 is 5.29. The number of amides is 2. The Morgan fingerprint density at radius 3 is 2.32 bits per heavy atom. The molecule has 2 N–H and O–H groups in total. The average Bonchev–Trinajstić information content (AvgIpc) is 2.83. The smallest absolute Gasteiger partial charge is 0.239 e. The summed E-state index contributed by atoms with van der Waals surface area (Å²) in [6.07, 6.45) is 6.72. The molecule has 0 aliphatic heterocycles. The number of methoxy groups -OCH3 is 1. The SMILES string of the molecule is COc1ccc(C)cc1NC(=O)C(C)(C)C(=O)NC1CCCCCC1. The number of benzene rings is 1. The van der Waals surface area contributed by atoms with Gasteiger partial charge in [-0.25, -0.2) is 0 Å². The highest BCUT2D eigenvalue weighted by Crippen LogP contribution is 2.28. The van der Waals surface area contributed by atoms with Gasteiger partial charge in [0.2, 0.25) is 11.8 Å². The molecule has 2 rings (SSSR count). The van der Waals surface area contributed by atoms with Crippen LogP contribution in [0.4, 0.5) is 5.69 Å². The van der Waals surface area contributed by atoms with E-state index in [-0.39, 0.29) is 17.9 Å². The third-order valence-corrected chi connectivity index (χ3v) is 4.93. The third kappa shape index (κ3) is 4.97. The molecule has 1 fully saturated rings. The van der Waals surface area contributed by atoms with Gasteiger partial charge in [-0.3, -0.25) is 9.59 Å². The molecule has 0 heterocycles. The molecule has 1 saturated carbocycles. The molecule has 1 aromatic carbocycles. The number of aryl methyl sites for hydroxylation is 1. The molecule has 5 heteroatoms. The highest BCUT2D eigenvalue weighted by atomic mass is 16.5. The minimum Gasteiger partial charge on any atom is -0.495 e. The Hall–Kier alpha value is -2.04. The molecule has 0 unspecified atom stereocenters. The molecular formula is C20H30N2O3. The normalized spacial score (nSPS) is 16.0. The fourth-order valence-electron chi connectivity index (χ4n) is 3.09. The summed E-state index contributed by atoms with van der Waals surface area (Å²) in [6, 6.07) is 5.74. The van der Waals surface area contributed by atoms with Crippen molar-refractivity contribution >= 4 is 17.5 Å². The Balaban J connectivity index is 2.05. The van der Waals surface area contributed by atoms with Crippen molar-refractivity contribution in [2.24, 2.45) is 5.41 Å². The van der Waals surface area contributed by atoms with E-state index in [9.17, 15) is 9.59 Å². The Morgan fingerprint density at radius 2 is 1.72 bits per heavy atom. The number of carbonyl (C=O) groups excluding carboxylic acids is 2. The molecule has 5 nitrogen and oxygen atoms in total. The van der Waals surface area contributed by atoms with Gasteiger partial charge in [0.05, 0.1) is 12.8 Å². The van der Waals surface area contributed by atoms with Gasteiger partial charge in [-0.15, -0.1) is 0 Å². The van der Waals surface area contributed by atoms with E-state index in [1.165, 1.54) is 12.8 Å². The zero-order chi connectivity index (χ0) is 18.4. The second-order valence-electron chi connectivity index (χ2n) is 7.44. The lowest BCUT2D eigenvalue weighted by atomic mass is 9.90. The van der Waals surface area contributed by atoms with Gasteiger partial charge in [0.15, 0.2) is 0 Å². The van der Waals surface area contributed by atoms with E-state index < -0.39 is 5.41 Å². The zero-order valence-electron chi connectivity index (χ0n) is 15.8. The number of nitrogens with one attached hydrogen (secondary N) is 2. The van der Waals surface area contributed by atoms with Crippen molar-refractivity contribution in [1.29, 1.82) is 0 Å². The summed E-state index contributed by atoms with van der Waals surface area (Å²) in [5.74, 6) is 0.0324. The summed E-state index contributed by atoms with van der Waals surface area (Å²) in [5.41, 5.74) is 0.445. The zero-order valence-corrected chi connectivity index (χ0v) is 15.8. The van der Waals surface area contributed by atoms with Crippen LogP contribution in [0.25, 0.3) is 0 Å². The van der Waals surface area contributed by atoms with Gasteiger partial charge in [-0.1, -0.05) is 31.7 Å². The lowest BCUT2D eigenvalue weighted by Crippen LogP contribution is -2.48. The summed E-state index contributed by atoms with van der Waals surface area (Å²) in [6.45, 7) is 5.27. The average molecular weight is 346 g/mol. The monoisotopic (exact) mass is 346 g/mol. The van der Waals surface area contributed by atoms with Gasteiger partial charge < -0.3 is 15.4 Å². The largest absolute Gasteiger partial charge is 0.495 e. The molecule has 1 aromatic rings. The third-order valence-electron chi connectivity index (χ3n) is 4.93. The number of carbonyl (C=O) groups is 2. The first kappa shape index (κ1) is 19.3. The van der Waals surface area contributed by atoms with Gasteiger partial charge in [0.25, 0.3) is 0 Å². The molecule has 25 heavy (non-hydrogen) atoms. The second kappa shape index (κ2) is 8.37. The van der Waals surface area contributed by atoms with Crippen molar-refractivity contribution in [1.82, 2.24) is 5.32 Å². The standard InChI is InChI=1S/C20H30N2O3/c1-14-11-12-17(25-4)16(13-14)22-19(24)20(2,3)18(23)21-15-9-7-5-6-8-10-15/h11-13,15H,5-10H2,1-4H3,(H,21,23)(H,22,24). The first-order chi connectivity index (χ1) is 11.8. The molecule has 1 aliphatic carbocycles. The molecule has 0 saturated heterocycles. The van der Waals surface area contributed by atoms with E-state index in [1.807, 2.05) is 25.1 Å². The van der Waals surface area contributed by atoms with Crippen molar-refractivity contribution in [3.05, 3.63) is 23.8 Å². The minimum atomic E-state index is -1.15. The van der Waals surface area contributed by atoms with Crippen LogP contribution in [0, 0.1) is 12.3 Å². The molecule has 0 aromatic heterocycles. The maximum atomic E-state index is 12.7. The van der Waals surface area contributed by atoms with Crippen molar-refractivity contribution in [2.45, 2.75) is 65.3 Å². The number of hydrogen-bond acceptors (Lipinski definition) is 3. The van der Waals surface area contributed by atoms with Gasteiger partial charge in [0, 0.05) is 6.04 Å². The van der Waals surface area contributed by atoms with E-state index in [0.717, 1.165) is 31.2 Å². The van der Waals surface area contributed by atoms with Gasteiger partial charge in [0.1, 0.15) is 11.2 Å². The number of hydrogen-bond donors (Lipinski definition) is 2. The van der Waals surface area contributed by atoms with Crippen molar-refractivity contribution < 1.29 is 14.3 Å². The van der Waals surface area contributed by atoms with Crippen molar-refractivity contribution in [3.8, 4) is 5.75 Å². The molecule has 0 radical (unpaired) electrons. The highest BCUT2D eigenvalue weighted by Gasteiger charge is 2.37. The maximum absolute atomic E-state index is 12.7. The van der Waals surface area contributed by atoms with Crippen molar-refractivity contribution in [3.63, 3.8) is 0 Å². The summed E-state index contributed by atoms with van der Waals surface area (Å²) >= 11 is 0. The van der Waals surface area contributed by atoms with E-state index in [1.54, 1.807) is 21.0 Å². The predicted molar refractivity (Wildman–Crippen MR) is 99.8 cm³/mol. The Morgan fingerprint density at radius 1 is 1.08 bits per heavy atom. The lowest BCUT2D eigenvalue weighted by molar-refractivity contribution is -0.138. The van der Waals surface area contributed by atoms with Crippen LogP contribution in [0.3, 0.4) is 0 Å². The Labute approximate surface area is 150 Å². The Kier molecular flexibility index (Phi) is 6.45. The quantitative estimate of drug-likeness (QED) is 0.629. The Bertz CT molecular complexity index is 617. The molecule has 2 amide bonds. The fraction of sp³-hybridized carbons (Fsp3) is 0.600. The van der Waals surface area contributed by atoms with Crippen LogP contribution in [-0.2, 0) is 9.59 Å². The van der Waals surface area contributed by atoms with Crippen LogP contribution in [0.2, 0.25) is 0 Å². The summed E-state index contributed by atoms with van der Waals surface area (Å²) in [4.78, 5) is 25.4. The first-order valence-corrected chi connectivity index (χ1v) is 9.11. The van der Waals surface area contributed by atoms with Gasteiger partial charge in [-0.05, 0) is 51.3 Å². The lowest BCUT2D eigenvalue weighted by Gasteiger charge is -2.26. The van der Waals surface area contributed by atoms with E-state index in [2.05, 4.69) is 10.6 Å². The molecule has 138 valence electrons. The maximum Gasteiger partial charge on any atom is 0.239 e. The topological polar surface area (TPSA) is 67.4 Å². The second-order valence-corrected chi connectivity index (χ2v) is 7.44. The predicted octanol–water partition coefficient (Wildman–Crippen LogP) is 3.81. The molecule has 0 bridgehead atoms. The van der Waals surface area contributed by atoms with Crippen LogP contribution >= 0.6 is 0 Å². The fourth-order valence-corrected chi connectivity index (χ4v) is 3.09. The van der Waals surface area contributed by atoms with E-state index in [4.69, 9.17) is 4.74 Å². The van der Waals surface area contributed by atoms with Crippen LogP contribution in [0.5, 0.6) is 5.75 Å². The van der Waals surface area contributed by atoms with Gasteiger partial charge in [-0.2, -0.15) is 0 Å². The van der Waals surface area contributed by atoms with Crippen molar-refractivity contribution in [2.75, 3.05) is 12.4 Å². The molecule has 0 atom stereocenters. The van der Waals surface area contributed by atoms with Crippen LogP contribution < -0.4 is 15.4 Å². The first-order valence-electron chi connectivity index (χ1n) is 9.11.